The van der Waals surface area contributed by atoms with E-state index in [2.05, 4.69) is 9.47 Å². The molecule has 0 aromatic rings. The Morgan fingerprint density at radius 2 is 1.44 bits per heavy atom. The number of aliphatic carboxylic acids is 1. The fourth-order valence-electron chi connectivity index (χ4n) is 0.907. The molecule has 0 saturated carbocycles. The number of aliphatic hydroxyl groups is 2. The number of carbonyl (C=O) groups is 3. The number of aliphatic hydroxyl groups excluding tert-OH is 1. The molecule has 0 amide bonds. The standard InChI is InChI=1S/C8H12O8/c1-3(9)15-5(7(11)12)6(8(13)14)16-4(2)10/h5-7,11-12H,1-2H3,(H,13,14). The molecular weight excluding hydrogens is 224 g/mol. The third kappa shape index (κ3) is 4.71. The first-order chi connectivity index (χ1) is 7.25. The number of carbonyl (C=O) groups excluding carboxylic acids is 2. The van der Waals surface area contributed by atoms with Gasteiger partial charge in [-0.05, 0) is 0 Å². The highest BCUT2D eigenvalue weighted by Crippen LogP contribution is 2.09. The molecule has 0 spiro atoms. The van der Waals surface area contributed by atoms with Crippen LogP contribution in [-0.2, 0) is 23.9 Å². The molecule has 0 aromatic heterocycles. The Bertz CT molecular complexity index is 284. The van der Waals surface area contributed by atoms with Gasteiger partial charge in [0.05, 0.1) is 0 Å². The van der Waals surface area contributed by atoms with Gasteiger partial charge < -0.3 is 24.8 Å². The number of carboxylic acids is 1. The van der Waals surface area contributed by atoms with Crippen LogP contribution in [0.5, 0.6) is 0 Å². The third-order valence-electron chi connectivity index (χ3n) is 1.43. The second-order valence-corrected chi connectivity index (χ2v) is 2.86. The molecule has 0 aromatic carbocycles. The van der Waals surface area contributed by atoms with Crippen LogP contribution in [0.4, 0.5) is 0 Å². The Balaban J connectivity index is 4.86. The van der Waals surface area contributed by atoms with E-state index in [1.807, 2.05) is 0 Å². The van der Waals surface area contributed by atoms with Crippen LogP contribution in [0.3, 0.4) is 0 Å². The molecule has 8 nitrogen and oxygen atoms in total. The molecule has 92 valence electrons. The zero-order chi connectivity index (χ0) is 12.9. The Kier molecular flexibility index (Phi) is 5.40. The summed E-state index contributed by atoms with van der Waals surface area (Å²) in [4.78, 5) is 31.8. The third-order valence-corrected chi connectivity index (χ3v) is 1.43. The van der Waals surface area contributed by atoms with Crippen molar-refractivity contribution in [2.45, 2.75) is 32.3 Å². The monoisotopic (exact) mass is 236 g/mol. The van der Waals surface area contributed by atoms with Gasteiger partial charge in [-0.3, -0.25) is 9.59 Å². The van der Waals surface area contributed by atoms with Crippen molar-refractivity contribution in [2.24, 2.45) is 0 Å². The lowest BCUT2D eigenvalue weighted by atomic mass is 10.2. The predicted octanol–water partition coefficient (Wildman–Crippen LogP) is -1.75. The highest BCUT2D eigenvalue weighted by Gasteiger charge is 2.38. The van der Waals surface area contributed by atoms with Crippen molar-refractivity contribution >= 4 is 17.9 Å². The molecule has 3 N–H and O–H groups in total. The lowest BCUT2D eigenvalue weighted by molar-refractivity contribution is -0.206. The van der Waals surface area contributed by atoms with Crippen molar-refractivity contribution < 1.29 is 39.2 Å². The highest BCUT2D eigenvalue weighted by molar-refractivity contribution is 5.78. The Morgan fingerprint density at radius 3 is 1.69 bits per heavy atom. The molecule has 0 radical (unpaired) electrons. The molecular formula is C8H12O8. The van der Waals surface area contributed by atoms with Crippen molar-refractivity contribution in [3.8, 4) is 0 Å². The lowest BCUT2D eigenvalue weighted by Gasteiger charge is -2.24. The first-order valence-corrected chi connectivity index (χ1v) is 4.19. The molecule has 0 aliphatic rings. The summed E-state index contributed by atoms with van der Waals surface area (Å²) in [6, 6.07) is 0. The van der Waals surface area contributed by atoms with Crippen LogP contribution in [-0.4, -0.2) is 51.7 Å². The summed E-state index contributed by atoms with van der Waals surface area (Å²) in [5.41, 5.74) is 0. The largest absolute Gasteiger partial charge is 0.478 e. The number of hydrogen-bond acceptors (Lipinski definition) is 7. The first-order valence-electron chi connectivity index (χ1n) is 4.19. The Hall–Kier alpha value is -1.67. The Morgan fingerprint density at radius 1 is 1.00 bits per heavy atom. The van der Waals surface area contributed by atoms with Crippen molar-refractivity contribution in [2.75, 3.05) is 0 Å². The van der Waals surface area contributed by atoms with Crippen molar-refractivity contribution in [1.82, 2.24) is 0 Å². The molecule has 2 atom stereocenters. The normalized spacial score (nSPS) is 14.1. The average molecular weight is 236 g/mol. The summed E-state index contributed by atoms with van der Waals surface area (Å²) in [5.74, 6) is -3.55. The molecule has 0 aliphatic heterocycles. The summed E-state index contributed by atoms with van der Waals surface area (Å²) in [5, 5.41) is 26.3. The lowest BCUT2D eigenvalue weighted by Crippen LogP contribution is -2.47. The van der Waals surface area contributed by atoms with E-state index in [9.17, 15) is 14.4 Å². The number of carboxylic acid groups (broad SMARTS) is 1. The molecule has 2 unspecified atom stereocenters. The van der Waals surface area contributed by atoms with E-state index < -0.39 is 36.4 Å². The van der Waals surface area contributed by atoms with E-state index in [1.165, 1.54) is 0 Å². The second-order valence-electron chi connectivity index (χ2n) is 2.86. The zero-order valence-corrected chi connectivity index (χ0v) is 8.61. The zero-order valence-electron chi connectivity index (χ0n) is 8.61. The maximum atomic E-state index is 10.7. The van der Waals surface area contributed by atoms with E-state index in [4.69, 9.17) is 15.3 Å². The van der Waals surface area contributed by atoms with Gasteiger partial charge in [-0.15, -0.1) is 0 Å². The van der Waals surface area contributed by atoms with E-state index in [1.54, 1.807) is 0 Å². The number of rotatable bonds is 5. The molecule has 0 bridgehead atoms. The molecule has 0 saturated heterocycles. The molecule has 0 fully saturated rings. The number of ether oxygens (including phenoxy) is 2. The van der Waals surface area contributed by atoms with E-state index in [-0.39, 0.29) is 0 Å². The van der Waals surface area contributed by atoms with Crippen LogP contribution in [0.15, 0.2) is 0 Å². The molecule has 8 heteroatoms. The minimum atomic E-state index is -2.27. The van der Waals surface area contributed by atoms with E-state index >= 15 is 0 Å². The van der Waals surface area contributed by atoms with Gasteiger partial charge in [0.2, 0.25) is 6.10 Å². The first kappa shape index (κ1) is 14.3. The van der Waals surface area contributed by atoms with Crippen LogP contribution in [0.25, 0.3) is 0 Å². The SMILES string of the molecule is CC(=O)OC(C(=O)O)C(OC(C)=O)C(O)O. The van der Waals surface area contributed by atoms with Crippen LogP contribution in [0, 0.1) is 0 Å². The predicted molar refractivity (Wildman–Crippen MR) is 47.0 cm³/mol. The average Bonchev–Trinajstić information content (AvgIpc) is 2.09. The highest BCUT2D eigenvalue weighted by atomic mass is 16.6. The fraction of sp³-hybridized carbons (Fsp3) is 0.625. The van der Waals surface area contributed by atoms with Gasteiger partial charge in [0.1, 0.15) is 0 Å². The summed E-state index contributed by atoms with van der Waals surface area (Å²) in [7, 11) is 0. The van der Waals surface area contributed by atoms with Gasteiger partial charge in [0.15, 0.2) is 12.4 Å². The number of esters is 2. The minimum absolute atomic E-state index is 0.934. The minimum Gasteiger partial charge on any atom is -0.478 e. The van der Waals surface area contributed by atoms with E-state index in [0.29, 0.717) is 0 Å². The van der Waals surface area contributed by atoms with Gasteiger partial charge in [-0.1, -0.05) is 0 Å². The molecule has 0 heterocycles. The van der Waals surface area contributed by atoms with Gasteiger partial charge in [0.25, 0.3) is 0 Å². The number of hydrogen-bond donors (Lipinski definition) is 3. The van der Waals surface area contributed by atoms with Gasteiger partial charge in [0, 0.05) is 13.8 Å². The van der Waals surface area contributed by atoms with Crippen LogP contribution in [0.2, 0.25) is 0 Å². The molecule has 0 aliphatic carbocycles. The molecule has 0 rings (SSSR count). The second kappa shape index (κ2) is 6.03. The summed E-state index contributed by atoms with van der Waals surface area (Å²) < 4.78 is 8.64. The topological polar surface area (TPSA) is 130 Å². The van der Waals surface area contributed by atoms with E-state index in [0.717, 1.165) is 13.8 Å². The quantitative estimate of drug-likeness (QED) is 0.378. The Labute approximate surface area is 90.4 Å². The van der Waals surface area contributed by atoms with Crippen molar-refractivity contribution in [3.05, 3.63) is 0 Å². The maximum Gasteiger partial charge on any atom is 0.349 e. The van der Waals surface area contributed by atoms with Gasteiger partial charge in [-0.2, -0.15) is 0 Å². The van der Waals surface area contributed by atoms with Crippen LogP contribution < -0.4 is 0 Å². The maximum absolute atomic E-state index is 10.7. The summed E-state index contributed by atoms with van der Waals surface area (Å²) in [6.45, 7) is 1.88. The fourth-order valence-corrected chi connectivity index (χ4v) is 0.907. The van der Waals surface area contributed by atoms with Crippen molar-refractivity contribution in [1.29, 1.82) is 0 Å². The van der Waals surface area contributed by atoms with Crippen molar-refractivity contribution in [3.63, 3.8) is 0 Å². The summed E-state index contributed by atoms with van der Waals surface area (Å²) >= 11 is 0. The van der Waals surface area contributed by atoms with Gasteiger partial charge >= 0.3 is 17.9 Å². The van der Waals surface area contributed by atoms with Crippen LogP contribution in [0.1, 0.15) is 13.8 Å². The smallest absolute Gasteiger partial charge is 0.349 e. The summed E-state index contributed by atoms with van der Waals surface area (Å²) in [6.07, 6.45) is -6.12. The van der Waals surface area contributed by atoms with Gasteiger partial charge in [-0.25, -0.2) is 4.79 Å². The van der Waals surface area contributed by atoms with Crippen LogP contribution >= 0.6 is 0 Å². The molecule has 16 heavy (non-hydrogen) atoms.